The Balaban J connectivity index is 2.54. The van der Waals surface area contributed by atoms with Crippen molar-refractivity contribution in [3.05, 3.63) is 35.4 Å². The van der Waals surface area contributed by atoms with Crippen LogP contribution >= 0.6 is 0 Å². The third-order valence-corrected chi connectivity index (χ3v) is 2.75. The molecule has 84 valence electrons. The van der Waals surface area contributed by atoms with Crippen LogP contribution in [-0.4, -0.2) is 11.4 Å². The minimum atomic E-state index is -0.269. The van der Waals surface area contributed by atoms with Crippen LogP contribution in [0.25, 0.3) is 5.57 Å². The van der Waals surface area contributed by atoms with E-state index in [0.717, 1.165) is 22.4 Å². The molecule has 1 aromatic rings. The third kappa shape index (κ3) is 1.87. The van der Waals surface area contributed by atoms with Crippen LogP contribution in [0.15, 0.2) is 24.3 Å². The summed E-state index contributed by atoms with van der Waals surface area (Å²) in [7, 11) is 0. The molecule has 0 amide bonds. The molecule has 0 aliphatic carbocycles. The number of hydrogen-bond acceptors (Lipinski definition) is 2. The summed E-state index contributed by atoms with van der Waals surface area (Å²) in [6.07, 6.45) is 2.08. The summed E-state index contributed by atoms with van der Waals surface area (Å²) in [5.41, 5.74) is 2.64. The zero-order valence-electron chi connectivity index (χ0n) is 10.1. The number of ether oxygens (including phenoxy) is 1. The van der Waals surface area contributed by atoms with E-state index in [1.54, 1.807) is 6.92 Å². The van der Waals surface area contributed by atoms with Crippen molar-refractivity contribution in [2.24, 2.45) is 0 Å². The van der Waals surface area contributed by atoms with E-state index in [4.69, 9.17) is 4.74 Å². The molecule has 2 nitrogen and oxygen atoms in total. The largest absolute Gasteiger partial charge is 0.483 e. The summed E-state index contributed by atoms with van der Waals surface area (Å²) in [6.45, 7) is 7.68. The molecule has 0 atom stereocenters. The Labute approximate surface area is 95.9 Å². The molecule has 0 N–H and O–H groups in total. The highest BCUT2D eigenvalue weighted by molar-refractivity contribution is 5.95. The highest BCUT2D eigenvalue weighted by atomic mass is 16.5. The molecule has 2 heteroatoms. The first kappa shape index (κ1) is 10.9. The topological polar surface area (TPSA) is 26.3 Å². The molecule has 0 spiro atoms. The van der Waals surface area contributed by atoms with E-state index in [9.17, 15) is 4.79 Å². The Morgan fingerprint density at radius 1 is 1.31 bits per heavy atom. The molecule has 0 saturated heterocycles. The Bertz CT molecular complexity index is 482. The predicted octanol–water partition coefficient (Wildman–Crippen LogP) is 3.46. The lowest BCUT2D eigenvalue weighted by Gasteiger charge is -2.30. The van der Waals surface area contributed by atoms with Crippen LogP contribution in [-0.2, 0) is 0 Å². The number of allylic oxidation sites excluding steroid dienone is 1. The van der Waals surface area contributed by atoms with Crippen molar-refractivity contribution in [3.8, 4) is 5.75 Å². The Morgan fingerprint density at radius 2 is 2.00 bits per heavy atom. The molecule has 16 heavy (non-hydrogen) atoms. The van der Waals surface area contributed by atoms with Crippen molar-refractivity contribution in [1.29, 1.82) is 0 Å². The monoisotopic (exact) mass is 216 g/mol. The van der Waals surface area contributed by atoms with Gasteiger partial charge in [0.25, 0.3) is 0 Å². The van der Waals surface area contributed by atoms with Crippen LogP contribution in [0, 0.1) is 0 Å². The minimum Gasteiger partial charge on any atom is -0.483 e. The molecule has 1 aliphatic rings. The smallest absolute Gasteiger partial charge is 0.159 e. The fraction of sp³-hybridized carbons (Fsp3) is 0.357. The molecule has 0 saturated carbocycles. The van der Waals surface area contributed by atoms with Gasteiger partial charge >= 0.3 is 0 Å². The van der Waals surface area contributed by atoms with Crippen LogP contribution in [0.1, 0.15) is 43.6 Å². The van der Waals surface area contributed by atoms with Crippen LogP contribution in [0.5, 0.6) is 5.75 Å². The molecular weight excluding hydrogens is 200 g/mol. The molecule has 1 aliphatic heterocycles. The van der Waals surface area contributed by atoms with Crippen LogP contribution in [0.4, 0.5) is 0 Å². The fourth-order valence-electron chi connectivity index (χ4n) is 2.06. The van der Waals surface area contributed by atoms with Gasteiger partial charge in [-0.15, -0.1) is 0 Å². The second-order valence-electron chi connectivity index (χ2n) is 4.80. The average molecular weight is 216 g/mol. The zero-order chi connectivity index (χ0) is 11.9. The summed E-state index contributed by atoms with van der Waals surface area (Å²) in [5.74, 6) is 0.940. The van der Waals surface area contributed by atoms with Crippen molar-refractivity contribution in [2.75, 3.05) is 0 Å². The first-order valence-electron chi connectivity index (χ1n) is 5.43. The van der Waals surface area contributed by atoms with Gasteiger partial charge in [0.15, 0.2) is 5.78 Å². The van der Waals surface area contributed by atoms with Gasteiger partial charge in [0, 0.05) is 11.1 Å². The van der Waals surface area contributed by atoms with Crippen molar-refractivity contribution in [1.82, 2.24) is 0 Å². The lowest BCUT2D eigenvalue weighted by atomic mass is 9.94. The van der Waals surface area contributed by atoms with E-state index >= 15 is 0 Å². The van der Waals surface area contributed by atoms with E-state index in [0.29, 0.717) is 0 Å². The fourth-order valence-corrected chi connectivity index (χ4v) is 2.06. The zero-order valence-corrected chi connectivity index (χ0v) is 10.1. The highest BCUT2D eigenvalue weighted by Crippen LogP contribution is 2.36. The van der Waals surface area contributed by atoms with Gasteiger partial charge in [0.1, 0.15) is 11.4 Å². The van der Waals surface area contributed by atoms with Gasteiger partial charge in [-0.1, -0.05) is 0 Å². The molecule has 0 bridgehead atoms. The molecule has 0 radical (unpaired) electrons. The number of rotatable bonds is 1. The van der Waals surface area contributed by atoms with Gasteiger partial charge in [-0.3, -0.25) is 4.79 Å². The Kier molecular flexibility index (Phi) is 2.38. The maximum Gasteiger partial charge on any atom is 0.159 e. The molecule has 2 rings (SSSR count). The standard InChI is InChI=1S/C14H16O2/c1-9-8-14(3,4)16-13-6-5-11(10(2)15)7-12(9)13/h5-8H,1-4H3. The van der Waals surface area contributed by atoms with Gasteiger partial charge in [-0.2, -0.15) is 0 Å². The normalized spacial score (nSPS) is 17.1. The van der Waals surface area contributed by atoms with Gasteiger partial charge in [0.2, 0.25) is 0 Å². The van der Waals surface area contributed by atoms with E-state index in [1.165, 1.54) is 0 Å². The number of fused-ring (bicyclic) bond motifs is 1. The summed E-state index contributed by atoms with van der Waals surface area (Å²) >= 11 is 0. The van der Waals surface area contributed by atoms with E-state index in [1.807, 2.05) is 39.0 Å². The molecule has 1 aromatic carbocycles. The van der Waals surface area contributed by atoms with Crippen LogP contribution in [0.2, 0.25) is 0 Å². The molecule has 0 fully saturated rings. The second-order valence-corrected chi connectivity index (χ2v) is 4.80. The van der Waals surface area contributed by atoms with Crippen molar-refractivity contribution in [2.45, 2.75) is 33.3 Å². The summed E-state index contributed by atoms with van der Waals surface area (Å²) in [5, 5.41) is 0. The van der Waals surface area contributed by atoms with Crippen molar-refractivity contribution in [3.63, 3.8) is 0 Å². The molecule has 1 heterocycles. The Morgan fingerprint density at radius 3 is 2.62 bits per heavy atom. The quantitative estimate of drug-likeness (QED) is 0.672. The highest BCUT2D eigenvalue weighted by Gasteiger charge is 2.24. The number of hydrogen-bond donors (Lipinski definition) is 0. The number of ketones is 1. The maximum atomic E-state index is 11.3. The third-order valence-electron chi connectivity index (χ3n) is 2.75. The van der Waals surface area contributed by atoms with E-state index in [-0.39, 0.29) is 11.4 Å². The maximum absolute atomic E-state index is 11.3. The lowest BCUT2D eigenvalue weighted by molar-refractivity contribution is 0.101. The first-order chi connectivity index (χ1) is 7.39. The summed E-state index contributed by atoms with van der Waals surface area (Å²) in [4.78, 5) is 11.3. The first-order valence-corrected chi connectivity index (χ1v) is 5.43. The summed E-state index contributed by atoms with van der Waals surface area (Å²) < 4.78 is 5.84. The predicted molar refractivity (Wildman–Crippen MR) is 64.8 cm³/mol. The number of Topliss-reactive ketones (excluding diaryl/α,β-unsaturated/α-hetero) is 1. The lowest BCUT2D eigenvalue weighted by Crippen LogP contribution is -2.28. The van der Waals surface area contributed by atoms with E-state index < -0.39 is 0 Å². The molecular formula is C14H16O2. The Hall–Kier alpha value is -1.57. The van der Waals surface area contributed by atoms with Crippen LogP contribution < -0.4 is 4.74 Å². The minimum absolute atomic E-state index is 0.0837. The second kappa shape index (κ2) is 3.48. The van der Waals surface area contributed by atoms with Gasteiger partial charge in [0.05, 0.1) is 0 Å². The van der Waals surface area contributed by atoms with Crippen molar-refractivity contribution < 1.29 is 9.53 Å². The average Bonchev–Trinajstić information content (AvgIpc) is 2.15. The summed E-state index contributed by atoms with van der Waals surface area (Å²) in [6, 6.07) is 5.60. The number of benzene rings is 1. The van der Waals surface area contributed by atoms with Crippen molar-refractivity contribution >= 4 is 11.4 Å². The molecule has 0 aromatic heterocycles. The van der Waals surface area contributed by atoms with Crippen LogP contribution in [0.3, 0.4) is 0 Å². The van der Waals surface area contributed by atoms with E-state index in [2.05, 4.69) is 6.08 Å². The number of carbonyl (C=O) groups excluding carboxylic acids is 1. The van der Waals surface area contributed by atoms with Gasteiger partial charge < -0.3 is 4.74 Å². The SMILES string of the molecule is CC(=O)c1ccc2c(c1)C(C)=CC(C)(C)O2. The van der Waals surface area contributed by atoms with Gasteiger partial charge in [-0.05, 0) is 57.5 Å². The molecule has 0 unspecified atom stereocenters. The van der Waals surface area contributed by atoms with Gasteiger partial charge in [-0.25, -0.2) is 0 Å². The number of carbonyl (C=O) groups is 1.